The first-order valence-corrected chi connectivity index (χ1v) is 18.3. The fourth-order valence-electron chi connectivity index (χ4n) is 7.03. The molecule has 4 N–H and O–H groups in total. The number of nitrogens with zero attached hydrogens (tertiary/aromatic N) is 3. The summed E-state index contributed by atoms with van der Waals surface area (Å²) in [5, 5.41) is 20.9. The molecule has 11 nitrogen and oxygen atoms in total. The van der Waals surface area contributed by atoms with Gasteiger partial charge in [-0.1, -0.05) is 39.0 Å². The number of carbonyl (C=O) groups is 4. The lowest BCUT2D eigenvalue weighted by Gasteiger charge is -2.35. The number of piperidine rings is 1. The number of rotatable bonds is 9. The molecule has 4 amide bonds. The lowest BCUT2D eigenvalue weighted by molar-refractivity contribution is -0.145. The molecule has 6 rings (SSSR count). The molecule has 0 radical (unpaired) electrons. The van der Waals surface area contributed by atoms with Crippen molar-refractivity contribution in [3.8, 4) is 5.75 Å². The van der Waals surface area contributed by atoms with Crippen LogP contribution in [0.2, 0.25) is 0 Å². The number of unbranched alkanes of at least 4 members (excludes halogenated alkanes) is 1. The number of aromatic hydroxyl groups is 1. The number of amides is 4. The SMILES string of the molecule is Cc1sc2nc1CC(=O)N[C@@H](CCCCNC(=O)CC(C)(C)C)CC(=O)N1C[C@@H](NCc3ccccc3O)C[C@H]1C(=O)N1CCC2CC1. The first-order chi connectivity index (χ1) is 22.9. The van der Waals surface area contributed by atoms with Crippen molar-refractivity contribution in [3.05, 3.63) is 45.4 Å². The van der Waals surface area contributed by atoms with E-state index in [-0.39, 0.29) is 59.6 Å². The molecule has 262 valence electrons. The Balaban J connectivity index is 1.31. The van der Waals surface area contributed by atoms with E-state index in [0.717, 1.165) is 46.8 Å². The molecule has 48 heavy (non-hydrogen) atoms. The fraction of sp³-hybridized carbons (Fsp3) is 0.639. The maximum atomic E-state index is 14.1. The third-order valence-corrected chi connectivity index (χ3v) is 10.8. The summed E-state index contributed by atoms with van der Waals surface area (Å²) in [6.07, 6.45) is 4.81. The molecule has 0 saturated carbocycles. The largest absolute Gasteiger partial charge is 0.508 e. The van der Waals surface area contributed by atoms with Gasteiger partial charge in [0, 0.05) is 74.0 Å². The van der Waals surface area contributed by atoms with Crippen LogP contribution >= 0.6 is 11.3 Å². The number of phenols is 1. The number of aromatic nitrogens is 1. The minimum Gasteiger partial charge on any atom is -0.508 e. The minimum atomic E-state index is -0.591. The van der Waals surface area contributed by atoms with Gasteiger partial charge in [0.1, 0.15) is 11.8 Å². The van der Waals surface area contributed by atoms with Gasteiger partial charge < -0.3 is 30.9 Å². The highest BCUT2D eigenvalue weighted by atomic mass is 32.1. The van der Waals surface area contributed by atoms with Gasteiger partial charge in [-0.15, -0.1) is 11.3 Å². The van der Waals surface area contributed by atoms with Gasteiger partial charge in [0.25, 0.3) is 0 Å². The molecule has 12 heteroatoms. The number of aryl methyl sites for hydroxylation is 1. The van der Waals surface area contributed by atoms with Crippen molar-refractivity contribution in [2.45, 2.75) is 116 Å². The Kier molecular flexibility index (Phi) is 11.8. The minimum absolute atomic E-state index is 0.0218. The van der Waals surface area contributed by atoms with E-state index in [1.165, 1.54) is 0 Å². The normalized spacial score (nSPS) is 23.7. The number of phenolic OH excluding ortho intramolecular Hbond substituents is 1. The summed E-state index contributed by atoms with van der Waals surface area (Å²) in [5.41, 5.74) is 1.45. The number of nitrogens with one attached hydrogen (secondary N) is 3. The zero-order chi connectivity index (χ0) is 34.4. The third-order valence-electron chi connectivity index (χ3n) is 9.65. The number of hydrogen-bond donors (Lipinski definition) is 4. The van der Waals surface area contributed by atoms with Gasteiger partial charge in [0.2, 0.25) is 23.6 Å². The Morgan fingerprint density at radius 1 is 1.12 bits per heavy atom. The Labute approximate surface area is 288 Å². The van der Waals surface area contributed by atoms with Gasteiger partial charge in [-0.3, -0.25) is 19.2 Å². The van der Waals surface area contributed by atoms with Crippen molar-refractivity contribution < 1.29 is 24.3 Å². The van der Waals surface area contributed by atoms with Gasteiger partial charge >= 0.3 is 0 Å². The average Bonchev–Trinajstić information content (AvgIpc) is 3.62. The molecular formula is C36H52N6O5S. The van der Waals surface area contributed by atoms with Crippen molar-refractivity contribution in [2.24, 2.45) is 5.41 Å². The maximum Gasteiger partial charge on any atom is 0.245 e. The van der Waals surface area contributed by atoms with E-state index in [9.17, 15) is 24.3 Å². The zero-order valence-electron chi connectivity index (χ0n) is 28.8. The number of hydrogen-bond acceptors (Lipinski definition) is 8. The van der Waals surface area contributed by atoms with Crippen LogP contribution in [0.5, 0.6) is 5.75 Å². The standard InChI is InChI=1S/C36H52N6O5S/c1-23-28-19-31(44)39-26(10-7-8-14-37-32(45)20-36(2,3)4)18-33(46)42-22-27(38-21-25-9-5-6-11-30(25)43)17-29(42)35(47)41-15-12-24(13-16-41)34(40-28)48-23/h5-6,9,11,24,26-27,29,38,43H,7-8,10,12-22H2,1-4H3,(H,37,45)(H,39,44)/t26-,27-,29-/m0/s1. The lowest BCUT2D eigenvalue weighted by atomic mass is 9.92. The highest BCUT2D eigenvalue weighted by Crippen LogP contribution is 2.34. The van der Waals surface area contributed by atoms with Gasteiger partial charge in [0.15, 0.2) is 0 Å². The average molecular weight is 681 g/mol. The predicted molar refractivity (Wildman–Crippen MR) is 185 cm³/mol. The molecule has 4 bridgehead atoms. The van der Waals surface area contributed by atoms with Crippen molar-refractivity contribution in [1.82, 2.24) is 30.7 Å². The number of fused-ring (bicyclic) bond motifs is 7. The smallest absolute Gasteiger partial charge is 0.245 e. The Hall–Kier alpha value is -3.51. The predicted octanol–water partition coefficient (Wildman–Crippen LogP) is 3.78. The molecule has 0 unspecified atom stereocenters. The van der Waals surface area contributed by atoms with Crippen LogP contribution in [0.1, 0.15) is 99.2 Å². The second-order valence-electron chi connectivity index (χ2n) is 14.9. The third kappa shape index (κ3) is 9.56. The summed E-state index contributed by atoms with van der Waals surface area (Å²) < 4.78 is 0. The number of benzene rings is 1. The molecular weight excluding hydrogens is 629 g/mol. The number of carbonyl (C=O) groups excluding carboxylic acids is 4. The van der Waals surface area contributed by atoms with Crippen LogP contribution in [0.4, 0.5) is 0 Å². The Morgan fingerprint density at radius 3 is 2.60 bits per heavy atom. The van der Waals surface area contributed by atoms with Crippen molar-refractivity contribution >= 4 is 35.0 Å². The van der Waals surface area contributed by atoms with Crippen LogP contribution in [-0.2, 0) is 32.1 Å². The Morgan fingerprint density at radius 2 is 1.88 bits per heavy atom. The van der Waals surface area contributed by atoms with Gasteiger partial charge in [0.05, 0.1) is 17.1 Å². The van der Waals surface area contributed by atoms with Gasteiger partial charge in [-0.25, -0.2) is 4.98 Å². The second kappa shape index (κ2) is 15.8. The topological polar surface area (TPSA) is 144 Å². The van der Waals surface area contributed by atoms with Crippen LogP contribution in [0.15, 0.2) is 24.3 Å². The molecule has 4 aliphatic rings. The number of para-hydroxylation sites is 1. The van der Waals surface area contributed by atoms with Crippen molar-refractivity contribution in [1.29, 1.82) is 0 Å². The summed E-state index contributed by atoms with van der Waals surface area (Å²) >= 11 is 1.64. The molecule has 2 saturated heterocycles. The van der Waals surface area contributed by atoms with Gasteiger partial charge in [-0.05, 0) is 56.9 Å². The number of thiazole rings is 1. The van der Waals surface area contributed by atoms with E-state index < -0.39 is 12.1 Å². The molecule has 1 aromatic carbocycles. The monoisotopic (exact) mass is 680 g/mol. The first kappa shape index (κ1) is 35.8. The van der Waals surface area contributed by atoms with Crippen LogP contribution in [-0.4, -0.2) is 87.8 Å². The molecule has 2 fully saturated rings. The zero-order valence-corrected chi connectivity index (χ0v) is 29.7. The van der Waals surface area contributed by atoms with E-state index in [1.807, 2.05) is 44.7 Å². The van der Waals surface area contributed by atoms with Crippen LogP contribution < -0.4 is 16.0 Å². The summed E-state index contributed by atoms with van der Waals surface area (Å²) in [5.74, 6) is 0.131. The van der Waals surface area contributed by atoms with Gasteiger partial charge in [-0.2, -0.15) is 0 Å². The van der Waals surface area contributed by atoms with E-state index in [0.29, 0.717) is 52.0 Å². The lowest BCUT2D eigenvalue weighted by Crippen LogP contribution is -2.51. The van der Waals surface area contributed by atoms with Crippen LogP contribution in [0.25, 0.3) is 0 Å². The highest BCUT2D eigenvalue weighted by Gasteiger charge is 2.42. The summed E-state index contributed by atoms with van der Waals surface area (Å²) in [6, 6.07) is 6.03. The second-order valence-corrected chi connectivity index (χ2v) is 16.1. The molecule has 0 spiro atoms. The molecule has 1 aromatic heterocycles. The molecule has 4 aliphatic heterocycles. The molecule has 2 aromatic rings. The molecule has 5 heterocycles. The molecule has 3 atom stereocenters. The van der Waals surface area contributed by atoms with Crippen LogP contribution in [0, 0.1) is 12.3 Å². The molecule has 0 aliphatic carbocycles. The summed E-state index contributed by atoms with van der Waals surface area (Å²) in [7, 11) is 0. The first-order valence-electron chi connectivity index (χ1n) is 17.5. The van der Waals surface area contributed by atoms with E-state index >= 15 is 0 Å². The van der Waals surface area contributed by atoms with E-state index in [4.69, 9.17) is 4.98 Å². The van der Waals surface area contributed by atoms with Crippen molar-refractivity contribution in [2.75, 3.05) is 26.2 Å². The fourth-order valence-corrected chi connectivity index (χ4v) is 8.13. The Bertz CT molecular complexity index is 1460. The van der Waals surface area contributed by atoms with Crippen molar-refractivity contribution in [3.63, 3.8) is 0 Å². The van der Waals surface area contributed by atoms with E-state index in [2.05, 4.69) is 16.0 Å². The maximum absolute atomic E-state index is 14.1. The van der Waals surface area contributed by atoms with Crippen LogP contribution in [0.3, 0.4) is 0 Å². The quantitative estimate of drug-likeness (QED) is 0.295. The summed E-state index contributed by atoms with van der Waals surface area (Å²) in [6.45, 7) is 10.7. The van der Waals surface area contributed by atoms with E-state index in [1.54, 1.807) is 28.4 Å². The highest BCUT2D eigenvalue weighted by molar-refractivity contribution is 7.11. The summed E-state index contributed by atoms with van der Waals surface area (Å²) in [4.78, 5) is 63.3.